The minimum atomic E-state index is -0.571. The summed E-state index contributed by atoms with van der Waals surface area (Å²) in [4.78, 5) is 12.0. The number of aliphatic hydroxyl groups excluding tert-OH is 1. The highest BCUT2D eigenvalue weighted by molar-refractivity contribution is 5.85. The van der Waals surface area contributed by atoms with Crippen LogP contribution in [0, 0.1) is 5.92 Å². The molecule has 0 bridgehead atoms. The summed E-state index contributed by atoms with van der Waals surface area (Å²) >= 11 is 0. The number of rotatable bonds is 6. The van der Waals surface area contributed by atoms with Crippen molar-refractivity contribution in [3.05, 3.63) is 23.8 Å². The zero-order valence-electron chi connectivity index (χ0n) is 13.5. The van der Waals surface area contributed by atoms with Crippen LogP contribution in [0.5, 0.6) is 11.5 Å². The first-order valence-corrected chi connectivity index (χ1v) is 7.46. The molecule has 4 N–H and O–H groups in total. The summed E-state index contributed by atoms with van der Waals surface area (Å²) in [6.45, 7) is 0.525. The highest BCUT2D eigenvalue weighted by atomic mass is 35.5. The minimum Gasteiger partial charge on any atom is -0.497 e. The van der Waals surface area contributed by atoms with Crippen LogP contribution in [0.25, 0.3) is 0 Å². The minimum absolute atomic E-state index is 0. The van der Waals surface area contributed by atoms with Crippen molar-refractivity contribution >= 4 is 18.3 Å². The quantitative estimate of drug-likeness (QED) is 0.712. The normalized spacial score (nSPS) is 23.0. The van der Waals surface area contributed by atoms with Gasteiger partial charge in [-0.05, 0) is 37.0 Å². The van der Waals surface area contributed by atoms with Gasteiger partial charge in [0, 0.05) is 24.6 Å². The predicted octanol–water partition coefficient (Wildman–Crippen LogP) is 0.882. The van der Waals surface area contributed by atoms with Gasteiger partial charge in [-0.2, -0.15) is 0 Å². The number of carbonyl (C=O) groups excluding carboxylic acids is 1. The number of benzene rings is 1. The Balaban J connectivity index is 0.00000264. The van der Waals surface area contributed by atoms with Crippen molar-refractivity contribution in [1.82, 2.24) is 5.32 Å². The Kier molecular flexibility index (Phi) is 7.61. The Morgan fingerprint density at radius 1 is 1.26 bits per heavy atom. The third-order valence-electron chi connectivity index (χ3n) is 4.07. The van der Waals surface area contributed by atoms with E-state index in [1.807, 2.05) is 18.2 Å². The number of hydrogen-bond donors (Lipinski definition) is 3. The van der Waals surface area contributed by atoms with Crippen molar-refractivity contribution in [2.45, 2.75) is 31.4 Å². The van der Waals surface area contributed by atoms with Gasteiger partial charge in [-0.1, -0.05) is 0 Å². The summed E-state index contributed by atoms with van der Waals surface area (Å²) in [5.74, 6) is 1.22. The van der Waals surface area contributed by atoms with E-state index in [0.717, 1.165) is 17.1 Å². The van der Waals surface area contributed by atoms with E-state index >= 15 is 0 Å². The number of carbonyl (C=O) groups is 1. The molecule has 3 atom stereocenters. The molecule has 130 valence electrons. The third-order valence-corrected chi connectivity index (χ3v) is 4.07. The Morgan fingerprint density at radius 3 is 2.35 bits per heavy atom. The summed E-state index contributed by atoms with van der Waals surface area (Å²) in [6, 6.07) is 5.36. The van der Waals surface area contributed by atoms with Crippen LogP contribution >= 0.6 is 12.4 Å². The second-order valence-electron chi connectivity index (χ2n) is 5.66. The average molecular weight is 345 g/mol. The number of halogens is 1. The smallest absolute Gasteiger partial charge is 0.223 e. The lowest BCUT2D eigenvalue weighted by atomic mass is 10.1. The SMILES string of the molecule is COc1cc(CCNC(=O)[C@H]2C[C@@H](N)[C@H](O)C2)cc(OC)c1.Cl. The topological polar surface area (TPSA) is 93.8 Å². The molecular formula is C16H25ClN2O4. The van der Waals surface area contributed by atoms with Crippen LogP contribution in [0.1, 0.15) is 18.4 Å². The molecule has 0 heterocycles. The highest BCUT2D eigenvalue weighted by Crippen LogP contribution is 2.25. The maximum atomic E-state index is 12.0. The van der Waals surface area contributed by atoms with Crippen molar-refractivity contribution in [1.29, 1.82) is 0 Å². The van der Waals surface area contributed by atoms with Gasteiger partial charge >= 0.3 is 0 Å². The van der Waals surface area contributed by atoms with E-state index < -0.39 is 6.10 Å². The first-order chi connectivity index (χ1) is 10.5. The number of ether oxygens (including phenoxy) is 2. The summed E-state index contributed by atoms with van der Waals surface area (Å²) < 4.78 is 10.4. The van der Waals surface area contributed by atoms with Crippen LogP contribution in [-0.4, -0.2) is 43.9 Å². The van der Waals surface area contributed by atoms with Crippen LogP contribution < -0.4 is 20.5 Å². The number of nitrogens with two attached hydrogens (primary N) is 1. The van der Waals surface area contributed by atoms with Gasteiger partial charge in [0.2, 0.25) is 5.91 Å². The molecule has 0 saturated heterocycles. The third kappa shape index (κ3) is 5.27. The molecule has 0 radical (unpaired) electrons. The molecule has 0 unspecified atom stereocenters. The molecular weight excluding hydrogens is 320 g/mol. The summed E-state index contributed by atoms with van der Waals surface area (Å²) in [7, 11) is 3.21. The van der Waals surface area contributed by atoms with Crippen molar-refractivity contribution in [2.24, 2.45) is 11.7 Å². The fourth-order valence-electron chi connectivity index (χ4n) is 2.75. The van der Waals surface area contributed by atoms with Crippen LogP contribution in [0.3, 0.4) is 0 Å². The molecule has 1 aromatic carbocycles. The van der Waals surface area contributed by atoms with Gasteiger partial charge in [0.15, 0.2) is 0 Å². The maximum Gasteiger partial charge on any atom is 0.223 e. The molecule has 7 heteroatoms. The summed E-state index contributed by atoms with van der Waals surface area (Å²) in [5.41, 5.74) is 6.76. The van der Waals surface area contributed by atoms with Crippen molar-refractivity contribution in [2.75, 3.05) is 20.8 Å². The number of aliphatic hydroxyl groups is 1. The maximum absolute atomic E-state index is 12.0. The monoisotopic (exact) mass is 344 g/mol. The van der Waals surface area contributed by atoms with E-state index in [1.165, 1.54) is 0 Å². The van der Waals surface area contributed by atoms with Crippen molar-refractivity contribution in [3.63, 3.8) is 0 Å². The van der Waals surface area contributed by atoms with Crippen molar-refractivity contribution < 1.29 is 19.4 Å². The van der Waals surface area contributed by atoms with Gasteiger partial charge in [-0.25, -0.2) is 0 Å². The highest BCUT2D eigenvalue weighted by Gasteiger charge is 2.34. The zero-order chi connectivity index (χ0) is 16.1. The van der Waals surface area contributed by atoms with Gasteiger partial charge < -0.3 is 25.6 Å². The molecule has 2 rings (SSSR count). The fraction of sp³-hybridized carbons (Fsp3) is 0.562. The Morgan fingerprint density at radius 2 is 1.87 bits per heavy atom. The molecule has 23 heavy (non-hydrogen) atoms. The molecule has 6 nitrogen and oxygen atoms in total. The van der Waals surface area contributed by atoms with E-state index in [4.69, 9.17) is 15.2 Å². The van der Waals surface area contributed by atoms with Crippen LogP contribution in [0.2, 0.25) is 0 Å². The van der Waals surface area contributed by atoms with Gasteiger partial charge in [0.05, 0.1) is 20.3 Å². The van der Waals surface area contributed by atoms with Gasteiger partial charge in [0.25, 0.3) is 0 Å². The molecule has 1 fully saturated rings. The van der Waals surface area contributed by atoms with E-state index in [2.05, 4.69) is 5.32 Å². The lowest BCUT2D eigenvalue weighted by Crippen LogP contribution is -2.32. The lowest BCUT2D eigenvalue weighted by Gasteiger charge is -2.12. The standard InChI is InChI=1S/C16H24N2O4.ClH/c1-21-12-5-10(6-13(9-12)22-2)3-4-18-16(20)11-7-14(17)15(19)8-11;/h5-6,9,11,14-15,19H,3-4,7-8,17H2,1-2H3,(H,18,20);1H/t11-,14+,15+;/m0./s1. The average Bonchev–Trinajstić information content (AvgIpc) is 2.86. The first kappa shape index (κ1) is 19.5. The lowest BCUT2D eigenvalue weighted by molar-refractivity contribution is -0.125. The second kappa shape index (κ2) is 8.96. The fourth-order valence-corrected chi connectivity index (χ4v) is 2.75. The van der Waals surface area contributed by atoms with E-state index in [1.54, 1.807) is 14.2 Å². The predicted molar refractivity (Wildman–Crippen MR) is 90.2 cm³/mol. The number of hydrogen-bond acceptors (Lipinski definition) is 5. The van der Waals surface area contributed by atoms with E-state index in [9.17, 15) is 9.90 Å². The number of amides is 1. The van der Waals surface area contributed by atoms with Crippen molar-refractivity contribution in [3.8, 4) is 11.5 Å². The molecule has 1 amide bonds. The van der Waals surface area contributed by atoms with Gasteiger partial charge in [0.1, 0.15) is 11.5 Å². The number of methoxy groups -OCH3 is 2. The first-order valence-electron chi connectivity index (χ1n) is 7.46. The van der Waals surface area contributed by atoms with E-state index in [-0.39, 0.29) is 30.3 Å². The Bertz CT molecular complexity index is 495. The number of nitrogens with one attached hydrogen (secondary N) is 1. The molecule has 1 aliphatic carbocycles. The van der Waals surface area contributed by atoms with Crippen LogP contribution in [-0.2, 0) is 11.2 Å². The zero-order valence-corrected chi connectivity index (χ0v) is 14.3. The largest absolute Gasteiger partial charge is 0.497 e. The summed E-state index contributed by atoms with van der Waals surface area (Å²) in [6.07, 6.45) is 1.10. The van der Waals surface area contributed by atoms with Gasteiger partial charge in [-0.15, -0.1) is 12.4 Å². The molecule has 0 spiro atoms. The van der Waals surface area contributed by atoms with Gasteiger partial charge in [-0.3, -0.25) is 4.79 Å². The van der Waals surface area contributed by atoms with Crippen LogP contribution in [0.15, 0.2) is 18.2 Å². The molecule has 1 saturated carbocycles. The molecule has 1 aliphatic rings. The van der Waals surface area contributed by atoms with Crippen LogP contribution in [0.4, 0.5) is 0 Å². The Hall–Kier alpha value is -1.50. The van der Waals surface area contributed by atoms with E-state index in [0.29, 0.717) is 25.8 Å². The summed E-state index contributed by atoms with van der Waals surface area (Å²) in [5, 5.41) is 12.5. The second-order valence-corrected chi connectivity index (χ2v) is 5.66. The molecule has 0 aliphatic heterocycles. The molecule has 0 aromatic heterocycles. The Labute approximate surface area is 142 Å². The molecule has 1 aromatic rings.